The Kier molecular flexibility index (Phi) is 4.83. The molecule has 0 heterocycles. The summed E-state index contributed by atoms with van der Waals surface area (Å²) in [6.07, 6.45) is 4.82. The maximum atomic E-state index is 11.7. The number of hydrogen-bond acceptors (Lipinski definition) is 4. The molecule has 4 aliphatic rings. The van der Waals surface area contributed by atoms with Crippen LogP contribution in [0, 0.1) is 11.8 Å². The second-order valence-corrected chi connectivity index (χ2v) is 10.3. The summed E-state index contributed by atoms with van der Waals surface area (Å²) in [5.41, 5.74) is 0.222. The highest BCUT2D eigenvalue weighted by Crippen LogP contribution is 2.66. The number of carboxylic acids is 4. The molecule has 8 nitrogen and oxygen atoms in total. The Morgan fingerprint density at radius 2 is 0.853 bits per heavy atom. The van der Waals surface area contributed by atoms with E-state index in [9.17, 15) is 39.6 Å². The lowest BCUT2D eigenvalue weighted by atomic mass is 9.41. The predicted molar refractivity (Wildman–Crippen MR) is 119 cm³/mol. The number of carboxylic acid groups (broad SMARTS) is 4. The summed E-state index contributed by atoms with van der Waals surface area (Å²) in [5, 5.41) is 38.3. The third-order valence-electron chi connectivity index (χ3n) is 8.14. The normalized spacial score (nSPS) is 29.1. The van der Waals surface area contributed by atoms with Gasteiger partial charge in [0.1, 0.15) is 0 Å². The fraction of sp³-hybridized carbons (Fsp3) is 0.385. The van der Waals surface area contributed by atoms with Gasteiger partial charge in [0, 0.05) is 0 Å². The molecule has 2 aromatic carbocycles. The van der Waals surface area contributed by atoms with E-state index in [4.69, 9.17) is 0 Å². The van der Waals surface area contributed by atoms with Crippen LogP contribution in [0.15, 0.2) is 36.4 Å². The first-order chi connectivity index (χ1) is 16.0. The van der Waals surface area contributed by atoms with Gasteiger partial charge in [-0.1, -0.05) is 0 Å². The van der Waals surface area contributed by atoms with E-state index >= 15 is 0 Å². The molecule has 0 aliphatic heterocycles. The molecule has 8 heteroatoms. The van der Waals surface area contributed by atoms with Crippen LogP contribution in [0.5, 0.6) is 0 Å². The first-order valence-corrected chi connectivity index (χ1v) is 11.2. The number of aromatic carboxylic acids is 4. The molecule has 0 amide bonds. The maximum Gasteiger partial charge on any atom is 0.335 e. The van der Waals surface area contributed by atoms with Gasteiger partial charge in [-0.2, -0.15) is 0 Å². The average Bonchev–Trinajstić information content (AvgIpc) is 2.77. The molecule has 6 rings (SSSR count). The Balaban J connectivity index is 1.66. The van der Waals surface area contributed by atoms with Gasteiger partial charge in [0.15, 0.2) is 0 Å². The van der Waals surface area contributed by atoms with Crippen LogP contribution in [0.4, 0.5) is 0 Å². The van der Waals surface area contributed by atoms with E-state index in [0.717, 1.165) is 32.1 Å². The molecule has 0 aromatic heterocycles. The van der Waals surface area contributed by atoms with Crippen LogP contribution in [0.3, 0.4) is 0 Å². The molecular formula is C26H24O8. The standard InChI is InChI=1S/C26H24O8/c27-21(28)15-2-16(22(29)30)5-19(4-15)25-8-13-1-14(9-25)11-26(10-13,12-25)20-6-17(23(31)32)3-18(7-20)24(33)34/h2-7,13-14H,1,8-12H2,(H,27,28)(H,29,30)(H,31,32)(H,33,34). The SMILES string of the molecule is O=C(O)c1cc(C(=O)O)cc(C23CC4CC(C2)CC(c2cc(C(=O)O)cc(C(=O)O)c2)(C4)C3)c1. The molecule has 4 saturated carbocycles. The van der Waals surface area contributed by atoms with Crippen LogP contribution in [-0.2, 0) is 10.8 Å². The number of benzene rings is 2. The third kappa shape index (κ3) is 3.45. The van der Waals surface area contributed by atoms with Gasteiger partial charge in [-0.15, -0.1) is 0 Å². The molecule has 0 atom stereocenters. The average molecular weight is 464 g/mol. The second kappa shape index (κ2) is 7.41. The lowest BCUT2D eigenvalue weighted by molar-refractivity contribution is -0.0282. The summed E-state index contributed by atoms with van der Waals surface area (Å²) in [6, 6.07) is 8.63. The molecule has 0 radical (unpaired) electrons. The molecule has 0 unspecified atom stereocenters. The Hall–Kier alpha value is -3.68. The minimum absolute atomic E-state index is 0.0688. The highest BCUT2D eigenvalue weighted by atomic mass is 16.4. The van der Waals surface area contributed by atoms with Crippen molar-refractivity contribution in [3.8, 4) is 0 Å². The van der Waals surface area contributed by atoms with E-state index in [1.807, 2.05) is 0 Å². The van der Waals surface area contributed by atoms with E-state index in [-0.39, 0.29) is 22.3 Å². The lowest BCUT2D eigenvalue weighted by Gasteiger charge is -2.63. The summed E-state index contributed by atoms with van der Waals surface area (Å²) >= 11 is 0. The zero-order chi connectivity index (χ0) is 24.4. The quantitative estimate of drug-likeness (QED) is 0.495. The lowest BCUT2D eigenvalue weighted by Crippen LogP contribution is -2.56. The van der Waals surface area contributed by atoms with Crippen molar-refractivity contribution in [1.29, 1.82) is 0 Å². The highest BCUT2D eigenvalue weighted by Gasteiger charge is 2.59. The Labute approximate surface area is 194 Å². The largest absolute Gasteiger partial charge is 0.478 e. The summed E-state index contributed by atoms with van der Waals surface area (Å²) in [5.74, 6) is -4.14. The van der Waals surface area contributed by atoms with Gasteiger partial charge in [0.25, 0.3) is 0 Å². The molecule has 34 heavy (non-hydrogen) atoms. The van der Waals surface area contributed by atoms with Crippen molar-refractivity contribution in [1.82, 2.24) is 0 Å². The zero-order valence-electron chi connectivity index (χ0n) is 18.3. The van der Waals surface area contributed by atoms with E-state index in [1.165, 1.54) is 12.1 Å². The van der Waals surface area contributed by atoms with E-state index in [1.54, 1.807) is 24.3 Å². The van der Waals surface area contributed by atoms with Gasteiger partial charge in [-0.05, 0) is 109 Å². The van der Waals surface area contributed by atoms with Gasteiger partial charge in [-0.3, -0.25) is 0 Å². The minimum atomic E-state index is -1.19. The first-order valence-electron chi connectivity index (χ1n) is 11.2. The van der Waals surface area contributed by atoms with Gasteiger partial charge >= 0.3 is 23.9 Å². The van der Waals surface area contributed by atoms with Crippen molar-refractivity contribution in [2.75, 3.05) is 0 Å². The van der Waals surface area contributed by atoms with Gasteiger partial charge in [0.2, 0.25) is 0 Å². The first kappa shape index (κ1) is 22.1. The Morgan fingerprint density at radius 1 is 0.559 bits per heavy atom. The van der Waals surface area contributed by atoms with Crippen LogP contribution < -0.4 is 0 Å². The van der Waals surface area contributed by atoms with Crippen molar-refractivity contribution >= 4 is 23.9 Å². The Morgan fingerprint density at radius 3 is 1.12 bits per heavy atom. The van der Waals surface area contributed by atoms with Gasteiger partial charge in [0.05, 0.1) is 22.3 Å². The van der Waals surface area contributed by atoms with Gasteiger partial charge < -0.3 is 20.4 Å². The molecule has 2 aromatic rings. The Bertz CT molecular complexity index is 1090. The fourth-order valence-corrected chi connectivity index (χ4v) is 7.30. The van der Waals surface area contributed by atoms with Crippen molar-refractivity contribution < 1.29 is 39.6 Å². The van der Waals surface area contributed by atoms with Crippen LogP contribution in [-0.4, -0.2) is 44.3 Å². The molecule has 4 aliphatic carbocycles. The van der Waals surface area contributed by atoms with Crippen molar-refractivity contribution in [3.63, 3.8) is 0 Å². The van der Waals surface area contributed by atoms with Crippen molar-refractivity contribution in [3.05, 3.63) is 69.8 Å². The molecule has 0 saturated heterocycles. The smallest absolute Gasteiger partial charge is 0.335 e. The molecule has 4 N–H and O–H groups in total. The topological polar surface area (TPSA) is 149 Å². The molecule has 176 valence electrons. The second-order valence-electron chi connectivity index (χ2n) is 10.3. The fourth-order valence-electron chi connectivity index (χ4n) is 7.30. The van der Waals surface area contributed by atoms with Crippen molar-refractivity contribution in [2.45, 2.75) is 49.4 Å². The van der Waals surface area contributed by atoms with Crippen LogP contribution in [0.2, 0.25) is 0 Å². The summed E-state index contributed by atoms with van der Waals surface area (Å²) in [6.45, 7) is 0. The zero-order valence-corrected chi connectivity index (χ0v) is 18.3. The molecule has 4 fully saturated rings. The summed E-state index contributed by atoms with van der Waals surface area (Å²) in [7, 11) is 0. The van der Waals surface area contributed by atoms with E-state index in [0.29, 0.717) is 29.4 Å². The summed E-state index contributed by atoms with van der Waals surface area (Å²) in [4.78, 5) is 47.0. The van der Waals surface area contributed by atoms with E-state index < -0.39 is 34.7 Å². The number of carbonyl (C=O) groups is 4. The van der Waals surface area contributed by atoms with Gasteiger partial charge in [-0.25, -0.2) is 19.2 Å². The third-order valence-corrected chi connectivity index (χ3v) is 8.14. The summed E-state index contributed by atoms with van der Waals surface area (Å²) < 4.78 is 0. The highest BCUT2D eigenvalue weighted by molar-refractivity contribution is 5.95. The van der Waals surface area contributed by atoms with Crippen LogP contribution >= 0.6 is 0 Å². The van der Waals surface area contributed by atoms with E-state index in [2.05, 4.69) is 0 Å². The monoisotopic (exact) mass is 464 g/mol. The predicted octanol–water partition coefficient (Wildman–Crippen LogP) is 4.27. The molecule has 0 spiro atoms. The van der Waals surface area contributed by atoms with Crippen LogP contribution in [0.25, 0.3) is 0 Å². The maximum absolute atomic E-state index is 11.7. The number of hydrogen-bond donors (Lipinski definition) is 4. The minimum Gasteiger partial charge on any atom is -0.478 e. The molecule has 4 bridgehead atoms. The van der Waals surface area contributed by atoms with Crippen molar-refractivity contribution in [2.24, 2.45) is 11.8 Å². The number of rotatable bonds is 6. The van der Waals surface area contributed by atoms with Crippen LogP contribution in [0.1, 0.15) is 91.1 Å². The molecular weight excluding hydrogens is 440 g/mol.